The standard InChI is InChI=1S/C26H20F3N5OS2/c27-26(28,29)18-6-3-16(4-7-18)11-12-34-15-21(32-33-34)23-9-10-24(37-23)25(35)31-20-14-17(5-8-19(20)30)22-2-1-13-36-22/h1-10,13-15H,11-12,30H2,(H,31,35). The second-order valence-corrected chi connectivity index (χ2v) is 10.2. The lowest BCUT2D eigenvalue weighted by molar-refractivity contribution is -0.137. The minimum Gasteiger partial charge on any atom is -0.397 e. The van der Waals surface area contributed by atoms with E-state index in [9.17, 15) is 18.0 Å². The molecule has 11 heteroatoms. The maximum Gasteiger partial charge on any atom is 0.416 e. The molecule has 0 saturated heterocycles. The minimum atomic E-state index is -4.35. The molecule has 37 heavy (non-hydrogen) atoms. The molecule has 0 aliphatic heterocycles. The van der Waals surface area contributed by atoms with Gasteiger partial charge in [0.15, 0.2) is 0 Å². The molecule has 188 valence electrons. The van der Waals surface area contributed by atoms with Crippen LogP contribution in [0.2, 0.25) is 0 Å². The lowest BCUT2D eigenvalue weighted by atomic mass is 10.1. The summed E-state index contributed by atoms with van der Waals surface area (Å²) in [6, 6.07) is 18.1. The Morgan fingerprint density at radius 1 is 1.03 bits per heavy atom. The molecule has 3 aromatic heterocycles. The molecule has 0 unspecified atom stereocenters. The fraction of sp³-hybridized carbons (Fsp3) is 0.115. The Balaban J connectivity index is 1.23. The number of anilines is 2. The van der Waals surface area contributed by atoms with Crippen molar-refractivity contribution in [1.82, 2.24) is 15.0 Å². The number of nitrogens with two attached hydrogens (primary N) is 1. The first-order chi connectivity index (χ1) is 17.8. The first kappa shape index (κ1) is 24.7. The number of halogens is 3. The zero-order valence-corrected chi connectivity index (χ0v) is 20.8. The Morgan fingerprint density at radius 3 is 2.57 bits per heavy atom. The number of aromatic nitrogens is 3. The van der Waals surface area contributed by atoms with Crippen molar-refractivity contribution in [1.29, 1.82) is 0 Å². The van der Waals surface area contributed by atoms with Gasteiger partial charge in [-0.05, 0) is 65.4 Å². The summed E-state index contributed by atoms with van der Waals surface area (Å²) in [5.41, 5.74) is 8.77. The molecule has 0 aliphatic carbocycles. The minimum absolute atomic E-state index is 0.277. The van der Waals surface area contributed by atoms with Crippen molar-refractivity contribution in [2.24, 2.45) is 0 Å². The second kappa shape index (κ2) is 10.2. The number of rotatable bonds is 7. The molecule has 0 radical (unpaired) electrons. The number of carbonyl (C=O) groups excluding carboxylic acids is 1. The zero-order valence-electron chi connectivity index (χ0n) is 19.2. The van der Waals surface area contributed by atoms with Crippen LogP contribution in [0.3, 0.4) is 0 Å². The monoisotopic (exact) mass is 539 g/mol. The number of benzene rings is 2. The van der Waals surface area contributed by atoms with E-state index in [0.29, 0.717) is 34.9 Å². The highest BCUT2D eigenvalue weighted by atomic mass is 32.1. The number of aryl methyl sites for hydroxylation is 2. The Bertz CT molecular complexity index is 1520. The van der Waals surface area contributed by atoms with Gasteiger partial charge in [0.2, 0.25) is 0 Å². The maximum absolute atomic E-state index is 12.9. The molecule has 6 nitrogen and oxygen atoms in total. The molecule has 1 amide bonds. The van der Waals surface area contributed by atoms with Gasteiger partial charge in [0.05, 0.1) is 32.9 Å². The van der Waals surface area contributed by atoms with Crippen LogP contribution in [0.25, 0.3) is 21.0 Å². The predicted octanol–water partition coefficient (Wildman–Crippen LogP) is 6.83. The molecule has 0 bridgehead atoms. The fourth-order valence-electron chi connectivity index (χ4n) is 3.67. The Hall–Kier alpha value is -3.96. The molecule has 0 atom stereocenters. The molecular weight excluding hydrogens is 519 g/mol. The largest absolute Gasteiger partial charge is 0.416 e. The summed E-state index contributed by atoms with van der Waals surface area (Å²) in [6.07, 6.45) is -2.10. The Labute approximate surface area is 218 Å². The van der Waals surface area contributed by atoms with Gasteiger partial charge in [-0.3, -0.25) is 9.48 Å². The normalized spacial score (nSPS) is 11.5. The van der Waals surface area contributed by atoms with Gasteiger partial charge in [0.25, 0.3) is 5.91 Å². The van der Waals surface area contributed by atoms with Gasteiger partial charge < -0.3 is 11.1 Å². The fourth-order valence-corrected chi connectivity index (χ4v) is 5.24. The van der Waals surface area contributed by atoms with Crippen LogP contribution >= 0.6 is 22.7 Å². The zero-order chi connectivity index (χ0) is 26.0. The van der Waals surface area contributed by atoms with Crippen molar-refractivity contribution in [3.63, 3.8) is 0 Å². The van der Waals surface area contributed by atoms with Gasteiger partial charge in [-0.2, -0.15) is 13.2 Å². The molecule has 0 aliphatic rings. The molecule has 2 aromatic carbocycles. The summed E-state index contributed by atoms with van der Waals surface area (Å²) >= 11 is 2.88. The number of thiophene rings is 2. The molecule has 5 rings (SSSR count). The third kappa shape index (κ3) is 5.73. The SMILES string of the molecule is Nc1ccc(-c2cccs2)cc1NC(=O)c1ccc(-c2cn(CCc3ccc(C(F)(F)F)cc3)nn2)s1. The topological polar surface area (TPSA) is 85.8 Å². The summed E-state index contributed by atoms with van der Waals surface area (Å²) in [7, 11) is 0. The van der Waals surface area contributed by atoms with Crippen LogP contribution < -0.4 is 11.1 Å². The number of amides is 1. The van der Waals surface area contributed by atoms with Crippen molar-refractivity contribution < 1.29 is 18.0 Å². The van der Waals surface area contributed by atoms with Crippen molar-refractivity contribution in [2.45, 2.75) is 19.1 Å². The van der Waals surface area contributed by atoms with Gasteiger partial charge in [-0.25, -0.2) is 0 Å². The smallest absolute Gasteiger partial charge is 0.397 e. The Kier molecular flexibility index (Phi) is 6.81. The van der Waals surface area contributed by atoms with Crippen LogP contribution in [0, 0.1) is 0 Å². The summed E-state index contributed by atoms with van der Waals surface area (Å²) in [6.45, 7) is 0.455. The van der Waals surface area contributed by atoms with Gasteiger partial charge in [-0.15, -0.1) is 27.8 Å². The predicted molar refractivity (Wildman–Crippen MR) is 141 cm³/mol. The average Bonchev–Trinajstić information content (AvgIpc) is 3.65. The first-order valence-corrected chi connectivity index (χ1v) is 12.9. The molecular formula is C26H20F3N5OS2. The summed E-state index contributed by atoms with van der Waals surface area (Å²) < 4.78 is 39.8. The molecule has 5 aromatic rings. The van der Waals surface area contributed by atoms with Crippen molar-refractivity contribution in [3.05, 3.63) is 94.3 Å². The van der Waals surface area contributed by atoms with E-state index >= 15 is 0 Å². The van der Waals surface area contributed by atoms with E-state index < -0.39 is 11.7 Å². The highest BCUT2D eigenvalue weighted by molar-refractivity contribution is 7.17. The van der Waals surface area contributed by atoms with E-state index in [1.165, 1.54) is 23.5 Å². The second-order valence-electron chi connectivity index (χ2n) is 8.21. The van der Waals surface area contributed by atoms with Gasteiger partial charge in [0, 0.05) is 11.4 Å². The molecule has 0 fully saturated rings. The van der Waals surface area contributed by atoms with Crippen LogP contribution in [-0.2, 0) is 19.1 Å². The number of nitrogens with zero attached hydrogens (tertiary/aromatic N) is 3. The lowest BCUT2D eigenvalue weighted by Crippen LogP contribution is -2.11. The molecule has 0 spiro atoms. The van der Waals surface area contributed by atoms with Crippen molar-refractivity contribution >= 4 is 40.0 Å². The van der Waals surface area contributed by atoms with E-state index in [2.05, 4.69) is 15.6 Å². The summed E-state index contributed by atoms with van der Waals surface area (Å²) in [4.78, 5) is 15.2. The van der Waals surface area contributed by atoms with E-state index in [0.717, 1.165) is 33.0 Å². The third-order valence-corrected chi connectivity index (χ3v) is 7.66. The summed E-state index contributed by atoms with van der Waals surface area (Å²) in [5, 5.41) is 13.2. The highest BCUT2D eigenvalue weighted by Gasteiger charge is 2.29. The number of nitrogen functional groups attached to an aromatic ring is 1. The van der Waals surface area contributed by atoms with Gasteiger partial charge >= 0.3 is 6.18 Å². The van der Waals surface area contributed by atoms with Gasteiger partial charge in [-0.1, -0.05) is 29.5 Å². The van der Waals surface area contributed by atoms with Crippen LogP contribution in [0.5, 0.6) is 0 Å². The van der Waals surface area contributed by atoms with Crippen LogP contribution in [0.1, 0.15) is 20.8 Å². The van der Waals surface area contributed by atoms with E-state index in [1.807, 2.05) is 29.6 Å². The molecule has 3 heterocycles. The summed E-state index contributed by atoms with van der Waals surface area (Å²) in [5.74, 6) is -0.277. The number of nitrogens with one attached hydrogen (secondary N) is 1. The van der Waals surface area contributed by atoms with Crippen LogP contribution in [0.15, 0.2) is 78.3 Å². The number of hydrogen-bond donors (Lipinski definition) is 2. The quantitative estimate of drug-likeness (QED) is 0.222. The first-order valence-electron chi connectivity index (χ1n) is 11.2. The lowest BCUT2D eigenvalue weighted by Gasteiger charge is -2.09. The number of carbonyl (C=O) groups is 1. The van der Waals surface area contributed by atoms with Crippen LogP contribution in [0.4, 0.5) is 24.5 Å². The van der Waals surface area contributed by atoms with E-state index in [1.54, 1.807) is 40.4 Å². The van der Waals surface area contributed by atoms with E-state index in [4.69, 9.17) is 5.73 Å². The van der Waals surface area contributed by atoms with E-state index in [-0.39, 0.29) is 5.91 Å². The van der Waals surface area contributed by atoms with Crippen molar-refractivity contribution in [3.8, 4) is 21.0 Å². The number of hydrogen-bond acceptors (Lipinski definition) is 6. The molecule has 0 saturated carbocycles. The molecule has 3 N–H and O–H groups in total. The van der Waals surface area contributed by atoms with Crippen LogP contribution in [-0.4, -0.2) is 20.9 Å². The maximum atomic E-state index is 12.9. The highest BCUT2D eigenvalue weighted by Crippen LogP contribution is 2.32. The van der Waals surface area contributed by atoms with Crippen molar-refractivity contribution in [2.75, 3.05) is 11.1 Å². The van der Waals surface area contributed by atoms with Gasteiger partial charge in [0.1, 0.15) is 5.69 Å². The number of alkyl halides is 3. The third-order valence-electron chi connectivity index (χ3n) is 5.64. The average molecular weight is 540 g/mol. The Morgan fingerprint density at radius 2 is 1.84 bits per heavy atom.